The Bertz CT molecular complexity index is 922. The predicted molar refractivity (Wildman–Crippen MR) is 138 cm³/mol. The van der Waals surface area contributed by atoms with Crippen molar-refractivity contribution in [2.75, 3.05) is 6.54 Å². The van der Waals surface area contributed by atoms with Crippen LogP contribution in [0.3, 0.4) is 0 Å². The van der Waals surface area contributed by atoms with Gasteiger partial charge in [0.25, 0.3) is 0 Å². The topological polar surface area (TPSA) is 45.6 Å². The van der Waals surface area contributed by atoms with Crippen molar-refractivity contribution >= 4 is 11.8 Å². The Morgan fingerprint density at radius 2 is 1.71 bits per heavy atom. The molecule has 5 heteroatoms. The van der Waals surface area contributed by atoms with E-state index in [-0.39, 0.29) is 30.4 Å². The fraction of sp³-hybridized carbons (Fsp3) is 0.586. The van der Waals surface area contributed by atoms with Gasteiger partial charge in [-0.25, -0.2) is 0 Å². The Labute approximate surface area is 206 Å². The van der Waals surface area contributed by atoms with Crippen molar-refractivity contribution in [2.45, 2.75) is 98.3 Å². The van der Waals surface area contributed by atoms with Gasteiger partial charge in [0.1, 0.15) is 6.54 Å². The second-order valence-corrected chi connectivity index (χ2v) is 10.9. The maximum Gasteiger partial charge on any atom is 0.242 e. The third kappa shape index (κ3) is 6.74. The van der Waals surface area contributed by atoms with Gasteiger partial charge in [0, 0.05) is 35.9 Å². The summed E-state index contributed by atoms with van der Waals surface area (Å²) >= 11 is 0. The predicted octanol–water partition coefficient (Wildman–Crippen LogP) is 5.87. The van der Waals surface area contributed by atoms with E-state index in [4.69, 9.17) is 0 Å². The molecule has 1 saturated carbocycles. The van der Waals surface area contributed by atoms with Crippen molar-refractivity contribution in [1.29, 1.82) is 0 Å². The highest BCUT2D eigenvalue weighted by Gasteiger charge is 2.34. The Balaban J connectivity index is 1.83. The van der Waals surface area contributed by atoms with E-state index < -0.39 is 5.41 Å². The number of benzene rings is 1. The molecule has 1 unspecified atom stereocenters. The molecule has 0 aliphatic heterocycles. The van der Waals surface area contributed by atoms with E-state index in [1.165, 1.54) is 12.0 Å². The van der Waals surface area contributed by atoms with Crippen LogP contribution in [-0.4, -0.2) is 44.8 Å². The summed E-state index contributed by atoms with van der Waals surface area (Å²) in [7, 11) is 0. The number of hydrogen-bond donors (Lipinski definition) is 0. The molecule has 0 bridgehead atoms. The van der Waals surface area contributed by atoms with Gasteiger partial charge in [-0.3, -0.25) is 9.59 Å². The van der Waals surface area contributed by atoms with E-state index in [0.29, 0.717) is 6.54 Å². The molecular weight excluding hydrogens is 422 g/mol. The van der Waals surface area contributed by atoms with Crippen LogP contribution in [0.1, 0.15) is 84.4 Å². The summed E-state index contributed by atoms with van der Waals surface area (Å²) in [6.07, 6.45) is 8.58. The fourth-order valence-electron chi connectivity index (χ4n) is 4.83. The third-order valence-corrected chi connectivity index (χ3v) is 7.12. The molecule has 1 aromatic heterocycles. The smallest absolute Gasteiger partial charge is 0.242 e. The van der Waals surface area contributed by atoms with Crippen molar-refractivity contribution in [3.05, 3.63) is 59.9 Å². The van der Waals surface area contributed by atoms with E-state index in [1.807, 2.05) is 33.8 Å². The van der Waals surface area contributed by atoms with Crippen LogP contribution in [0.2, 0.25) is 0 Å². The number of aromatic nitrogens is 1. The van der Waals surface area contributed by atoms with Crippen LogP contribution in [0.25, 0.3) is 0 Å². The molecule has 0 spiro atoms. The second kappa shape index (κ2) is 11.7. The van der Waals surface area contributed by atoms with Crippen LogP contribution in [-0.2, 0) is 22.7 Å². The molecule has 1 heterocycles. The molecule has 0 N–H and O–H groups in total. The molecule has 2 amide bonds. The Hall–Kier alpha value is -2.56. The Morgan fingerprint density at radius 1 is 1.03 bits per heavy atom. The van der Waals surface area contributed by atoms with Gasteiger partial charge in [0.2, 0.25) is 11.8 Å². The van der Waals surface area contributed by atoms with E-state index in [2.05, 4.69) is 59.0 Å². The lowest BCUT2D eigenvalue weighted by atomic mass is 9.93. The van der Waals surface area contributed by atoms with Crippen LogP contribution in [0, 0.1) is 5.41 Å². The molecule has 34 heavy (non-hydrogen) atoms. The molecule has 2 aromatic rings. The first-order valence-electron chi connectivity index (χ1n) is 13.0. The first-order valence-corrected chi connectivity index (χ1v) is 13.0. The molecule has 1 atom stereocenters. The molecular formula is C29H43N3O2. The van der Waals surface area contributed by atoms with Crippen molar-refractivity contribution in [1.82, 2.24) is 14.4 Å². The zero-order valence-electron chi connectivity index (χ0n) is 21.8. The minimum atomic E-state index is -0.510. The SMILES string of the molecule is CCC(C)N(CC(=O)N(Cc1cccn1Cc1ccccc1)C1CCCCC1)C(=O)C(C)(C)C. The normalized spacial score (nSPS) is 15.7. The average Bonchev–Trinajstić information content (AvgIpc) is 3.27. The summed E-state index contributed by atoms with van der Waals surface area (Å²) in [5.41, 5.74) is 1.87. The van der Waals surface area contributed by atoms with Gasteiger partial charge in [-0.2, -0.15) is 0 Å². The van der Waals surface area contributed by atoms with Crippen molar-refractivity contribution in [3.8, 4) is 0 Å². The lowest BCUT2D eigenvalue weighted by Gasteiger charge is -2.38. The number of hydrogen-bond acceptors (Lipinski definition) is 2. The first kappa shape index (κ1) is 26.1. The summed E-state index contributed by atoms with van der Waals surface area (Å²) in [4.78, 5) is 30.9. The number of amides is 2. The minimum absolute atomic E-state index is 0.0332. The first-order chi connectivity index (χ1) is 16.2. The summed E-state index contributed by atoms with van der Waals surface area (Å²) in [5.74, 6) is 0.114. The summed E-state index contributed by atoms with van der Waals surface area (Å²) in [6.45, 7) is 11.5. The number of carbonyl (C=O) groups excluding carboxylic acids is 2. The van der Waals surface area contributed by atoms with Crippen LogP contribution >= 0.6 is 0 Å². The van der Waals surface area contributed by atoms with E-state index >= 15 is 0 Å². The Morgan fingerprint density at radius 3 is 2.32 bits per heavy atom. The van der Waals surface area contributed by atoms with Crippen molar-refractivity contribution in [3.63, 3.8) is 0 Å². The number of nitrogens with zero attached hydrogens (tertiary/aromatic N) is 3. The molecule has 1 aliphatic carbocycles. The molecule has 1 aromatic carbocycles. The van der Waals surface area contributed by atoms with Gasteiger partial charge in [0.05, 0.1) is 6.54 Å². The van der Waals surface area contributed by atoms with Crippen LogP contribution < -0.4 is 0 Å². The molecule has 5 nitrogen and oxygen atoms in total. The zero-order chi connectivity index (χ0) is 24.7. The molecule has 1 aliphatic rings. The number of carbonyl (C=O) groups is 2. The van der Waals surface area contributed by atoms with Crippen molar-refractivity contribution in [2.24, 2.45) is 5.41 Å². The van der Waals surface area contributed by atoms with E-state index in [1.54, 1.807) is 4.90 Å². The highest BCUT2D eigenvalue weighted by molar-refractivity contribution is 5.87. The third-order valence-electron chi connectivity index (χ3n) is 7.12. The lowest BCUT2D eigenvalue weighted by molar-refractivity contribution is -0.149. The van der Waals surface area contributed by atoms with Gasteiger partial charge < -0.3 is 14.4 Å². The Kier molecular flexibility index (Phi) is 8.98. The maximum absolute atomic E-state index is 13.8. The minimum Gasteiger partial charge on any atom is -0.345 e. The highest BCUT2D eigenvalue weighted by Crippen LogP contribution is 2.26. The summed E-state index contributed by atoms with van der Waals surface area (Å²) < 4.78 is 2.24. The van der Waals surface area contributed by atoms with Gasteiger partial charge in [-0.1, -0.05) is 77.3 Å². The largest absolute Gasteiger partial charge is 0.345 e. The molecule has 0 saturated heterocycles. The standard InChI is InChI=1S/C29H43N3O2/c1-6-23(2)31(28(34)29(3,4)5)22-27(33)32(25-16-11-8-12-17-25)21-26-18-13-19-30(26)20-24-14-9-7-10-15-24/h7,9-10,13-15,18-19,23,25H,6,8,11-12,16-17,20-22H2,1-5H3. The monoisotopic (exact) mass is 465 g/mol. The van der Waals surface area contributed by atoms with Gasteiger partial charge in [-0.15, -0.1) is 0 Å². The average molecular weight is 466 g/mol. The van der Waals surface area contributed by atoms with Crippen LogP contribution in [0.4, 0.5) is 0 Å². The summed E-state index contributed by atoms with van der Waals surface area (Å²) in [5, 5.41) is 0. The maximum atomic E-state index is 13.8. The van der Waals surface area contributed by atoms with Gasteiger partial charge in [-0.05, 0) is 43.9 Å². The van der Waals surface area contributed by atoms with Crippen LogP contribution in [0.15, 0.2) is 48.7 Å². The zero-order valence-corrected chi connectivity index (χ0v) is 21.8. The van der Waals surface area contributed by atoms with E-state index in [9.17, 15) is 9.59 Å². The quantitative estimate of drug-likeness (QED) is 0.465. The molecule has 0 radical (unpaired) electrons. The van der Waals surface area contributed by atoms with Crippen molar-refractivity contribution < 1.29 is 9.59 Å². The second-order valence-electron chi connectivity index (χ2n) is 10.9. The lowest BCUT2D eigenvalue weighted by Crippen LogP contribution is -2.52. The number of rotatable bonds is 9. The molecule has 1 fully saturated rings. The fourth-order valence-corrected chi connectivity index (χ4v) is 4.83. The van der Waals surface area contributed by atoms with Crippen LogP contribution in [0.5, 0.6) is 0 Å². The molecule has 3 rings (SSSR count). The van der Waals surface area contributed by atoms with Gasteiger partial charge in [0.15, 0.2) is 0 Å². The highest BCUT2D eigenvalue weighted by atomic mass is 16.2. The van der Waals surface area contributed by atoms with E-state index in [0.717, 1.165) is 44.3 Å². The molecule has 186 valence electrons. The van der Waals surface area contributed by atoms with Gasteiger partial charge >= 0.3 is 0 Å². The summed E-state index contributed by atoms with van der Waals surface area (Å²) in [6, 6.07) is 14.9.